The van der Waals surface area contributed by atoms with Gasteiger partial charge in [-0.1, -0.05) is 12.1 Å². The summed E-state index contributed by atoms with van der Waals surface area (Å²) in [4.78, 5) is 4.67. The fourth-order valence-corrected chi connectivity index (χ4v) is 3.22. The lowest BCUT2D eigenvalue weighted by Gasteiger charge is -2.16. The zero-order valence-corrected chi connectivity index (χ0v) is 13.0. The van der Waals surface area contributed by atoms with E-state index in [0.29, 0.717) is 6.54 Å². The summed E-state index contributed by atoms with van der Waals surface area (Å²) in [7, 11) is 2.03. The maximum Gasteiger partial charge on any atom is 0.126 e. The summed E-state index contributed by atoms with van der Waals surface area (Å²) in [5.74, 6) is 0.980. The van der Waals surface area contributed by atoms with Crippen LogP contribution in [0.25, 0.3) is 11.0 Å². The van der Waals surface area contributed by atoms with Crippen molar-refractivity contribution in [1.29, 1.82) is 0 Å². The number of thiophene rings is 1. The number of aromatic nitrogens is 2. The number of aryl methyl sites for hydroxylation is 1. The summed E-state index contributed by atoms with van der Waals surface area (Å²) < 4.78 is 2.10. The molecule has 2 atom stereocenters. The maximum absolute atomic E-state index is 10.1. The summed E-state index contributed by atoms with van der Waals surface area (Å²) in [6, 6.07) is 10.1. The minimum Gasteiger partial charge on any atom is -0.387 e. The number of aliphatic hydroxyl groups excluding tert-OH is 1. The first-order valence-corrected chi connectivity index (χ1v) is 7.96. The molecular weight excluding hydrogens is 282 g/mol. The van der Waals surface area contributed by atoms with Crippen LogP contribution >= 0.6 is 11.3 Å². The van der Waals surface area contributed by atoms with Gasteiger partial charge >= 0.3 is 0 Å². The van der Waals surface area contributed by atoms with Crippen LogP contribution in [0.3, 0.4) is 0 Å². The lowest BCUT2D eigenvalue weighted by Crippen LogP contribution is -2.26. The van der Waals surface area contributed by atoms with Crippen LogP contribution in [0.4, 0.5) is 0 Å². The predicted octanol–water partition coefficient (Wildman–Crippen LogP) is 3.02. The lowest BCUT2D eigenvalue weighted by molar-refractivity contribution is 0.170. The van der Waals surface area contributed by atoms with Crippen LogP contribution in [0.15, 0.2) is 41.1 Å². The third kappa shape index (κ3) is 2.85. The Morgan fingerprint density at radius 2 is 2.14 bits per heavy atom. The van der Waals surface area contributed by atoms with Gasteiger partial charge in [-0.2, -0.15) is 11.3 Å². The molecule has 0 saturated heterocycles. The molecule has 3 aromatic rings. The van der Waals surface area contributed by atoms with E-state index in [2.05, 4.69) is 27.9 Å². The number of imidazole rings is 1. The summed E-state index contributed by atoms with van der Waals surface area (Å²) >= 11 is 1.60. The van der Waals surface area contributed by atoms with Crippen molar-refractivity contribution in [1.82, 2.24) is 14.9 Å². The molecule has 0 radical (unpaired) electrons. The topological polar surface area (TPSA) is 50.1 Å². The summed E-state index contributed by atoms with van der Waals surface area (Å²) in [5, 5.41) is 17.4. The van der Waals surface area contributed by atoms with Gasteiger partial charge in [-0.15, -0.1) is 0 Å². The van der Waals surface area contributed by atoms with E-state index in [0.717, 1.165) is 22.4 Å². The van der Waals surface area contributed by atoms with E-state index in [1.807, 2.05) is 42.1 Å². The number of nitrogens with one attached hydrogen (secondary N) is 1. The van der Waals surface area contributed by atoms with Crippen molar-refractivity contribution in [2.45, 2.75) is 19.1 Å². The average Bonchev–Trinajstić information content (AvgIpc) is 3.13. The van der Waals surface area contributed by atoms with E-state index >= 15 is 0 Å². The predicted molar refractivity (Wildman–Crippen MR) is 86.4 cm³/mol. The Hall–Kier alpha value is -1.69. The number of hydrogen-bond donors (Lipinski definition) is 2. The molecule has 21 heavy (non-hydrogen) atoms. The van der Waals surface area contributed by atoms with Gasteiger partial charge in [-0.05, 0) is 41.4 Å². The second kappa shape index (κ2) is 5.97. The molecular formula is C16H19N3OS. The normalized spacial score (nSPS) is 14.4. The van der Waals surface area contributed by atoms with Crippen LogP contribution in [-0.2, 0) is 7.05 Å². The zero-order chi connectivity index (χ0) is 14.8. The third-order valence-electron chi connectivity index (χ3n) is 3.75. The summed E-state index contributed by atoms with van der Waals surface area (Å²) in [6.07, 6.45) is -0.478. The molecule has 2 aromatic heterocycles. The molecule has 0 aliphatic carbocycles. The largest absolute Gasteiger partial charge is 0.387 e. The van der Waals surface area contributed by atoms with Gasteiger partial charge in [0.2, 0.25) is 0 Å². The lowest BCUT2D eigenvalue weighted by atomic mass is 10.2. The molecule has 0 amide bonds. The highest BCUT2D eigenvalue weighted by Gasteiger charge is 2.16. The fourth-order valence-electron chi connectivity index (χ4n) is 2.51. The smallest absolute Gasteiger partial charge is 0.126 e. The van der Waals surface area contributed by atoms with Crippen molar-refractivity contribution in [3.8, 4) is 0 Å². The zero-order valence-electron chi connectivity index (χ0n) is 12.2. The summed E-state index contributed by atoms with van der Waals surface area (Å²) in [6.45, 7) is 2.59. The highest BCUT2D eigenvalue weighted by Crippen LogP contribution is 2.20. The first kappa shape index (κ1) is 14.3. The number of fused-ring (bicyclic) bond motifs is 1. The van der Waals surface area contributed by atoms with E-state index in [-0.39, 0.29) is 6.04 Å². The Labute approximate surface area is 128 Å². The molecule has 5 heteroatoms. The average molecular weight is 301 g/mol. The number of benzene rings is 1. The minimum atomic E-state index is -0.478. The third-order valence-corrected chi connectivity index (χ3v) is 4.46. The van der Waals surface area contributed by atoms with Gasteiger partial charge in [0.05, 0.1) is 23.2 Å². The summed E-state index contributed by atoms with van der Waals surface area (Å²) in [5.41, 5.74) is 3.09. The van der Waals surface area contributed by atoms with E-state index in [1.54, 1.807) is 11.3 Å². The molecule has 2 N–H and O–H groups in total. The highest BCUT2D eigenvalue weighted by molar-refractivity contribution is 7.07. The number of hydrogen-bond acceptors (Lipinski definition) is 4. The van der Waals surface area contributed by atoms with Crippen molar-refractivity contribution < 1.29 is 5.11 Å². The molecule has 110 valence electrons. The molecule has 0 aliphatic rings. The Balaban J connectivity index is 1.72. The molecule has 2 heterocycles. The molecule has 0 fully saturated rings. The Morgan fingerprint density at radius 3 is 2.86 bits per heavy atom. The van der Waals surface area contributed by atoms with Crippen LogP contribution in [0.5, 0.6) is 0 Å². The molecule has 0 bridgehead atoms. The molecule has 0 saturated carbocycles. The van der Waals surface area contributed by atoms with E-state index in [1.165, 1.54) is 0 Å². The van der Waals surface area contributed by atoms with Crippen LogP contribution in [-0.4, -0.2) is 21.2 Å². The Morgan fingerprint density at radius 1 is 1.33 bits per heavy atom. The second-order valence-electron chi connectivity index (χ2n) is 5.22. The van der Waals surface area contributed by atoms with Crippen LogP contribution < -0.4 is 5.32 Å². The van der Waals surface area contributed by atoms with Gasteiger partial charge in [-0.25, -0.2) is 4.98 Å². The second-order valence-corrected chi connectivity index (χ2v) is 6.00. The van der Waals surface area contributed by atoms with Gasteiger partial charge in [0.25, 0.3) is 0 Å². The van der Waals surface area contributed by atoms with Gasteiger partial charge in [0.15, 0.2) is 0 Å². The Bertz CT molecular complexity index is 720. The first-order valence-electron chi connectivity index (χ1n) is 7.01. The number of nitrogens with zero attached hydrogens (tertiary/aromatic N) is 2. The van der Waals surface area contributed by atoms with Crippen LogP contribution in [0, 0.1) is 0 Å². The molecule has 1 aromatic carbocycles. The number of aliphatic hydroxyl groups is 1. The molecule has 0 aliphatic heterocycles. The SMILES string of the molecule is CC(NCC(O)c1ccsc1)c1nc2ccccc2n1C. The van der Waals surface area contributed by atoms with Crippen molar-refractivity contribution in [2.24, 2.45) is 7.05 Å². The maximum atomic E-state index is 10.1. The highest BCUT2D eigenvalue weighted by atomic mass is 32.1. The fraction of sp³-hybridized carbons (Fsp3) is 0.312. The molecule has 3 rings (SSSR count). The van der Waals surface area contributed by atoms with Crippen molar-refractivity contribution in [2.75, 3.05) is 6.54 Å². The van der Waals surface area contributed by atoms with E-state index in [4.69, 9.17) is 0 Å². The molecule has 4 nitrogen and oxygen atoms in total. The molecule has 2 unspecified atom stereocenters. The minimum absolute atomic E-state index is 0.0793. The van der Waals surface area contributed by atoms with Crippen LogP contribution in [0.2, 0.25) is 0 Å². The van der Waals surface area contributed by atoms with Gasteiger partial charge in [-0.3, -0.25) is 0 Å². The number of rotatable bonds is 5. The van der Waals surface area contributed by atoms with Crippen molar-refractivity contribution in [3.05, 3.63) is 52.5 Å². The van der Waals surface area contributed by atoms with Gasteiger partial charge in [0, 0.05) is 13.6 Å². The van der Waals surface area contributed by atoms with Crippen molar-refractivity contribution >= 4 is 22.4 Å². The molecule has 0 spiro atoms. The first-order chi connectivity index (χ1) is 10.2. The van der Waals surface area contributed by atoms with Gasteiger partial charge < -0.3 is 15.0 Å². The van der Waals surface area contributed by atoms with E-state index < -0.39 is 6.10 Å². The monoisotopic (exact) mass is 301 g/mol. The van der Waals surface area contributed by atoms with Crippen LogP contribution in [0.1, 0.15) is 30.5 Å². The number of para-hydroxylation sites is 2. The quantitative estimate of drug-likeness (QED) is 0.761. The van der Waals surface area contributed by atoms with Crippen molar-refractivity contribution in [3.63, 3.8) is 0 Å². The van der Waals surface area contributed by atoms with Gasteiger partial charge in [0.1, 0.15) is 5.82 Å². The standard InChI is InChI=1S/C16H19N3OS/c1-11(17-9-15(20)12-7-8-21-10-12)16-18-13-5-3-4-6-14(13)19(16)2/h3-8,10-11,15,17,20H,9H2,1-2H3. The van der Waals surface area contributed by atoms with E-state index in [9.17, 15) is 5.11 Å². The Kier molecular flexibility index (Phi) is 4.05.